The maximum absolute atomic E-state index is 13.0. The van der Waals surface area contributed by atoms with Crippen molar-refractivity contribution in [3.05, 3.63) is 108 Å². The van der Waals surface area contributed by atoms with Crippen LogP contribution in [-0.2, 0) is 23.7 Å². The summed E-state index contributed by atoms with van der Waals surface area (Å²) in [5.74, 6) is -1.93. The van der Waals surface area contributed by atoms with Crippen molar-refractivity contribution in [3.63, 3.8) is 0 Å². The van der Waals surface area contributed by atoms with E-state index < -0.39 is 48.6 Å². The van der Waals surface area contributed by atoms with Gasteiger partial charge in [-0.25, -0.2) is 14.4 Å². The van der Waals surface area contributed by atoms with Gasteiger partial charge in [-0.15, -0.1) is 0 Å². The van der Waals surface area contributed by atoms with Gasteiger partial charge in [-0.3, -0.25) is 0 Å². The highest BCUT2D eigenvalue weighted by Gasteiger charge is 2.56. The summed E-state index contributed by atoms with van der Waals surface area (Å²) in [7, 11) is 0. The van der Waals surface area contributed by atoms with Gasteiger partial charge < -0.3 is 23.7 Å². The maximum atomic E-state index is 13.0. The SMILES string of the molecule is O=C(O[C@@H]1[C@@H](OC(=O)c2ccccc2)[C@@H]2CO[C@@H](O2)[C@@H]1OC(=O)c1ccccc1)c1ccccc1. The molecule has 0 radical (unpaired) electrons. The van der Waals surface area contributed by atoms with E-state index in [1.807, 2.05) is 0 Å². The minimum Gasteiger partial charge on any atom is -0.452 e. The molecule has 8 heteroatoms. The normalized spacial score (nSPS) is 24.9. The van der Waals surface area contributed by atoms with Crippen molar-refractivity contribution in [2.24, 2.45) is 0 Å². The number of carbonyl (C=O) groups excluding carboxylic acids is 3. The summed E-state index contributed by atoms with van der Waals surface area (Å²) in [6, 6.07) is 25.2. The number of esters is 3. The fourth-order valence-corrected chi connectivity index (χ4v) is 4.04. The molecule has 2 saturated heterocycles. The molecule has 3 aromatic rings. The van der Waals surface area contributed by atoms with Gasteiger partial charge in [-0.2, -0.15) is 0 Å². The third kappa shape index (κ3) is 4.94. The van der Waals surface area contributed by atoms with Crippen molar-refractivity contribution in [2.45, 2.75) is 30.7 Å². The first-order valence-corrected chi connectivity index (χ1v) is 11.2. The number of hydrogen-bond acceptors (Lipinski definition) is 8. The lowest BCUT2D eigenvalue weighted by Crippen LogP contribution is -2.58. The summed E-state index contributed by atoms with van der Waals surface area (Å²) in [4.78, 5) is 38.7. The molecule has 35 heavy (non-hydrogen) atoms. The van der Waals surface area contributed by atoms with Crippen molar-refractivity contribution < 1.29 is 38.1 Å². The van der Waals surface area contributed by atoms with Gasteiger partial charge in [0.15, 0.2) is 24.6 Å². The number of ether oxygens (including phenoxy) is 5. The van der Waals surface area contributed by atoms with Crippen molar-refractivity contribution in [1.82, 2.24) is 0 Å². The second-order valence-electron chi connectivity index (χ2n) is 8.08. The predicted molar refractivity (Wildman–Crippen MR) is 122 cm³/mol. The summed E-state index contributed by atoms with van der Waals surface area (Å²) in [6.45, 7) is 0.0795. The molecular formula is C27H22O8. The van der Waals surface area contributed by atoms with E-state index in [1.54, 1.807) is 91.0 Å². The van der Waals surface area contributed by atoms with Crippen molar-refractivity contribution in [2.75, 3.05) is 6.61 Å². The summed E-state index contributed by atoms with van der Waals surface area (Å²) in [6.07, 6.45) is -5.07. The second-order valence-corrected chi connectivity index (χ2v) is 8.08. The van der Waals surface area contributed by atoms with Crippen LogP contribution in [0.2, 0.25) is 0 Å². The first-order valence-electron chi connectivity index (χ1n) is 11.2. The van der Waals surface area contributed by atoms with E-state index >= 15 is 0 Å². The summed E-state index contributed by atoms with van der Waals surface area (Å²) >= 11 is 0. The monoisotopic (exact) mass is 474 g/mol. The van der Waals surface area contributed by atoms with Crippen molar-refractivity contribution >= 4 is 17.9 Å². The van der Waals surface area contributed by atoms with E-state index in [9.17, 15) is 14.4 Å². The third-order valence-electron chi connectivity index (χ3n) is 5.77. The van der Waals surface area contributed by atoms with E-state index in [0.717, 1.165) is 0 Å². The molecule has 2 aliphatic rings. The largest absolute Gasteiger partial charge is 0.452 e. The molecule has 2 aliphatic heterocycles. The third-order valence-corrected chi connectivity index (χ3v) is 5.77. The van der Waals surface area contributed by atoms with Crippen LogP contribution in [0, 0.1) is 0 Å². The van der Waals surface area contributed by atoms with Gasteiger partial charge in [0, 0.05) is 0 Å². The average Bonchev–Trinajstić information content (AvgIpc) is 3.35. The van der Waals surface area contributed by atoms with Gasteiger partial charge in [0.05, 0.1) is 23.3 Å². The molecule has 0 unspecified atom stereocenters. The minimum absolute atomic E-state index is 0.0795. The zero-order valence-electron chi connectivity index (χ0n) is 18.5. The summed E-state index contributed by atoms with van der Waals surface area (Å²) in [5.41, 5.74) is 0.923. The number of hydrogen-bond donors (Lipinski definition) is 0. The molecular weight excluding hydrogens is 452 g/mol. The quantitative estimate of drug-likeness (QED) is 0.396. The molecule has 2 bridgehead atoms. The Hall–Kier alpha value is -4.01. The molecule has 3 aromatic carbocycles. The lowest BCUT2D eigenvalue weighted by Gasteiger charge is -2.39. The van der Waals surface area contributed by atoms with E-state index in [2.05, 4.69) is 0 Å². The fourth-order valence-electron chi connectivity index (χ4n) is 4.04. The van der Waals surface area contributed by atoms with E-state index in [4.69, 9.17) is 23.7 Å². The Morgan fingerprint density at radius 3 is 1.43 bits per heavy atom. The summed E-state index contributed by atoms with van der Waals surface area (Å²) in [5, 5.41) is 0. The molecule has 0 saturated carbocycles. The highest BCUT2D eigenvalue weighted by atomic mass is 16.8. The van der Waals surface area contributed by atoms with Crippen LogP contribution in [-0.4, -0.2) is 55.2 Å². The van der Waals surface area contributed by atoms with Gasteiger partial charge in [0.2, 0.25) is 0 Å². The molecule has 5 atom stereocenters. The molecule has 0 aliphatic carbocycles. The average molecular weight is 474 g/mol. The van der Waals surface area contributed by atoms with Crippen molar-refractivity contribution in [3.8, 4) is 0 Å². The van der Waals surface area contributed by atoms with Crippen LogP contribution in [0.3, 0.4) is 0 Å². The standard InChI is InChI=1S/C27H22O8/c28-24(17-10-4-1-5-11-17)33-21-20-16-31-27(32-20)23(35-26(30)19-14-8-3-9-15-19)22(21)34-25(29)18-12-6-2-7-13-18/h1-15,20-23,27H,16H2/t20-,21-,22+,23+,27-/m0/s1. The fraction of sp³-hybridized carbons (Fsp3) is 0.222. The Morgan fingerprint density at radius 1 is 0.571 bits per heavy atom. The maximum Gasteiger partial charge on any atom is 0.338 e. The molecule has 2 fully saturated rings. The Morgan fingerprint density at radius 2 is 0.971 bits per heavy atom. The second kappa shape index (κ2) is 10.1. The van der Waals surface area contributed by atoms with Crippen LogP contribution in [0.15, 0.2) is 91.0 Å². The van der Waals surface area contributed by atoms with Crippen LogP contribution >= 0.6 is 0 Å². The van der Waals surface area contributed by atoms with E-state index in [0.29, 0.717) is 16.7 Å². The first-order chi connectivity index (χ1) is 17.1. The predicted octanol–water partition coefficient (Wildman–Crippen LogP) is 3.42. The van der Waals surface area contributed by atoms with Crippen molar-refractivity contribution in [1.29, 1.82) is 0 Å². The zero-order valence-corrected chi connectivity index (χ0v) is 18.5. The molecule has 0 aromatic heterocycles. The van der Waals surface area contributed by atoms with E-state index in [-0.39, 0.29) is 6.61 Å². The lowest BCUT2D eigenvalue weighted by molar-refractivity contribution is -0.228. The Balaban J connectivity index is 1.44. The number of fused-ring (bicyclic) bond motifs is 2. The molecule has 178 valence electrons. The highest BCUT2D eigenvalue weighted by Crippen LogP contribution is 2.35. The van der Waals surface area contributed by atoms with E-state index in [1.165, 1.54) is 0 Å². The van der Waals surface area contributed by atoms with Gasteiger partial charge in [0.25, 0.3) is 0 Å². The molecule has 0 spiro atoms. The van der Waals surface area contributed by atoms with Crippen LogP contribution in [0.25, 0.3) is 0 Å². The topological polar surface area (TPSA) is 97.4 Å². The Labute approximate surface area is 201 Å². The molecule has 0 amide bonds. The van der Waals surface area contributed by atoms with Gasteiger partial charge >= 0.3 is 17.9 Å². The number of carbonyl (C=O) groups is 3. The zero-order chi connectivity index (χ0) is 24.2. The van der Waals surface area contributed by atoms with Crippen LogP contribution in [0.5, 0.6) is 0 Å². The minimum atomic E-state index is -1.16. The molecule has 8 nitrogen and oxygen atoms in total. The number of rotatable bonds is 6. The molecule has 0 N–H and O–H groups in total. The highest BCUT2D eigenvalue weighted by molar-refractivity contribution is 5.91. The van der Waals surface area contributed by atoms with Gasteiger partial charge in [0.1, 0.15) is 6.10 Å². The Bertz CT molecular complexity index is 1110. The van der Waals surface area contributed by atoms with Crippen LogP contribution in [0.1, 0.15) is 31.1 Å². The van der Waals surface area contributed by atoms with Crippen LogP contribution in [0.4, 0.5) is 0 Å². The first kappa shape index (κ1) is 22.8. The smallest absolute Gasteiger partial charge is 0.338 e. The van der Waals surface area contributed by atoms with Crippen LogP contribution < -0.4 is 0 Å². The Kier molecular flexibility index (Phi) is 6.56. The molecule has 2 heterocycles. The van der Waals surface area contributed by atoms with Gasteiger partial charge in [-0.1, -0.05) is 54.6 Å². The molecule has 5 rings (SSSR count). The van der Waals surface area contributed by atoms with Gasteiger partial charge in [-0.05, 0) is 36.4 Å². The number of benzene rings is 3. The summed E-state index contributed by atoms with van der Waals surface area (Å²) < 4.78 is 28.8. The lowest BCUT2D eigenvalue weighted by atomic mass is 9.99.